The highest BCUT2D eigenvalue weighted by atomic mass is 16.4. The number of carboxylic acids is 2. The van der Waals surface area contributed by atoms with Gasteiger partial charge >= 0.3 is 11.9 Å². The van der Waals surface area contributed by atoms with Crippen LogP contribution in [0.15, 0.2) is 30.3 Å². The average Bonchev–Trinajstić information content (AvgIpc) is 2.98. The topological polar surface area (TPSA) is 126 Å². The molecule has 0 fully saturated rings. The summed E-state index contributed by atoms with van der Waals surface area (Å²) in [7, 11) is 0. The normalized spacial score (nSPS) is 10.9. The van der Waals surface area contributed by atoms with Crippen LogP contribution in [0.5, 0.6) is 5.75 Å². The fraction of sp³-hybridized carbons (Fsp3) is 0.176. The molecule has 128 valence electrons. The van der Waals surface area contributed by atoms with Crippen molar-refractivity contribution in [2.45, 2.75) is 19.8 Å². The maximum Gasteiger partial charge on any atom is 0.335 e. The van der Waals surface area contributed by atoms with E-state index in [-0.39, 0.29) is 17.7 Å². The van der Waals surface area contributed by atoms with Crippen molar-refractivity contribution in [1.82, 2.24) is 15.0 Å². The van der Waals surface area contributed by atoms with E-state index in [4.69, 9.17) is 10.2 Å². The van der Waals surface area contributed by atoms with Crippen molar-refractivity contribution in [3.8, 4) is 11.4 Å². The quantitative estimate of drug-likeness (QED) is 0.649. The van der Waals surface area contributed by atoms with Gasteiger partial charge in [0, 0.05) is 6.42 Å². The lowest BCUT2D eigenvalue weighted by atomic mass is 10.0. The summed E-state index contributed by atoms with van der Waals surface area (Å²) in [4.78, 5) is 23.0. The maximum absolute atomic E-state index is 11.0. The van der Waals surface area contributed by atoms with Gasteiger partial charge in [-0.15, -0.1) is 15.0 Å². The molecule has 2 aromatic carbocycles. The minimum atomic E-state index is -1.06. The Labute approximate surface area is 141 Å². The highest BCUT2D eigenvalue weighted by molar-refractivity contribution is 5.92. The highest BCUT2D eigenvalue weighted by Crippen LogP contribution is 2.28. The Hall–Kier alpha value is -3.42. The van der Waals surface area contributed by atoms with Gasteiger partial charge in [-0.2, -0.15) is 0 Å². The van der Waals surface area contributed by atoms with E-state index in [0.717, 1.165) is 5.56 Å². The number of phenolic OH excluding ortho intramolecular Hbond substituents is 1. The summed E-state index contributed by atoms with van der Waals surface area (Å²) in [6, 6.07) is 7.72. The molecule has 0 aliphatic heterocycles. The molecule has 3 aromatic rings. The molecule has 0 radical (unpaired) electrons. The summed E-state index contributed by atoms with van der Waals surface area (Å²) in [6.07, 6.45) is 0.285. The smallest absolute Gasteiger partial charge is 0.335 e. The first kappa shape index (κ1) is 16.4. The van der Waals surface area contributed by atoms with Crippen LogP contribution in [0, 0.1) is 6.92 Å². The Balaban J connectivity index is 2.07. The zero-order valence-electron chi connectivity index (χ0n) is 13.3. The molecule has 25 heavy (non-hydrogen) atoms. The number of fused-ring (bicyclic) bond motifs is 1. The fourth-order valence-electron chi connectivity index (χ4n) is 2.54. The van der Waals surface area contributed by atoms with Crippen LogP contribution in [-0.4, -0.2) is 42.3 Å². The summed E-state index contributed by atoms with van der Waals surface area (Å²) in [6.45, 7) is 1.70. The van der Waals surface area contributed by atoms with Crippen LogP contribution in [0.3, 0.4) is 0 Å². The van der Waals surface area contributed by atoms with Crippen molar-refractivity contribution >= 4 is 23.0 Å². The van der Waals surface area contributed by atoms with E-state index in [9.17, 15) is 14.7 Å². The number of phenols is 1. The molecular formula is C17H15N3O5. The third kappa shape index (κ3) is 3.27. The summed E-state index contributed by atoms with van der Waals surface area (Å²) in [5.74, 6) is -1.99. The van der Waals surface area contributed by atoms with E-state index in [0.29, 0.717) is 28.7 Å². The maximum atomic E-state index is 11.0. The summed E-state index contributed by atoms with van der Waals surface area (Å²) in [5.41, 5.74) is 2.58. The molecule has 0 aliphatic rings. The van der Waals surface area contributed by atoms with Crippen molar-refractivity contribution in [3.63, 3.8) is 0 Å². The summed E-state index contributed by atoms with van der Waals surface area (Å²) >= 11 is 0. The van der Waals surface area contributed by atoms with Crippen LogP contribution in [0.1, 0.15) is 27.9 Å². The second-order valence-electron chi connectivity index (χ2n) is 5.67. The van der Waals surface area contributed by atoms with Gasteiger partial charge in [-0.05, 0) is 48.7 Å². The highest BCUT2D eigenvalue weighted by Gasteiger charge is 2.14. The third-order valence-electron chi connectivity index (χ3n) is 3.81. The Morgan fingerprint density at radius 2 is 1.80 bits per heavy atom. The number of aromatic carboxylic acids is 1. The number of rotatable bonds is 5. The molecular weight excluding hydrogens is 326 g/mol. The van der Waals surface area contributed by atoms with Crippen molar-refractivity contribution in [3.05, 3.63) is 47.0 Å². The van der Waals surface area contributed by atoms with Gasteiger partial charge in [-0.25, -0.2) is 4.79 Å². The van der Waals surface area contributed by atoms with Crippen molar-refractivity contribution < 1.29 is 24.9 Å². The molecule has 1 heterocycles. The summed E-state index contributed by atoms with van der Waals surface area (Å²) in [5, 5.41) is 36.7. The van der Waals surface area contributed by atoms with Crippen LogP contribution in [0.4, 0.5) is 0 Å². The third-order valence-corrected chi connectivity index (χ3v) is 3.81. The Morgan fingerprint density at radius 3 is 2.48 bits per heavy atom. The lowest BCUT2D eigenvalue weighted by Crippen LogP contribution is -2.03. The zero-order chi connectivity index (χ0) is 18.1. The number of nitrogens with zero attached hydrogens (tertiary/aromatic N) is 3. The van der Waals surface area contributed by atoms with E-state index in [2.05, 4.69) is 10.2 Å². The van der Waals surface area contributed by atoms with Gasteiger partial charge in [0.2, 0.25) is 0 Å². The van der Waals surface area contributed by atoms with Gasteiger partial charge in [-0.3, -0.25) is 4.79 Å². The fourth-order valence-corrected chi connectivity index (χ4v) is 2.54. The molecule has 0 saturated heterocycles. The first-order valence-corrected chi connectivity index (χ1v) is 7.50. The molecule has 8 nitrogen and oxygen atoms in total. The number of hydrogen-bond acceptors (Lipinski definition) is 5. The molecule has 0 amide bonds. The molecule has 0 spiro atoms. The predicted molar refractivity (Wildman–Crippen MR) is 88.2 cm³/mol. The monoisotopic (exact) mass is 341 g/mol. The van der Waals surface area contributed by atoms with Crippen LogP contribution in [0.2, 0.25) is 0 Å². The number of aliphatic carboxylic acids is 1. The standard InChI is InChI=1S/C17H15N3O5/c1-9-6-10(2-5-15(21)22)7-14(16(9)23)20-18-12-4-3-11(17(24)25)8-13(12)19-20/h3-4,6-8,23H,2,5H2,1H3,(H,21,22)(H,24,25). The van der Waals surface area contributed by atoms with Gasteiger partial charge in [0.05, 0.1) is 5.56 Å². The van der Waals surface area contributed by atoms with Gasteiger partial charge in [0.1, 0.15) is 22.5 Å². The molecule has 0 aliphatic carbocycles. The van der Waals surface area contributed by atoms with Crippen molar-refractivity contribution in [2.75, 3.05) is 0 Å². The molecule has 1 aromatic heterocycles. The molecule has 0 saturated carbocycles. The van der Waals surface area contributed by atoms with Crippen molar-refractivity contribution in [2.24, 2.45) is 0 Å². The second kappa shape index (κ2) is 6.23. The predicted octanol–water partition coefficient (Wildman–Crippen LogP) is 2.15. The number of carboxylic acid groups (broad SMARTS) is 2. The largest absolute Gasteiger partial charge is 0.505 e. The van der Waals surface area contributed by atoms with Crippen LogP contribution in [-0.2, 0) is 11.2 Å². The van der Waals surface area contributed by atoms with E-state index in [1.807, 2.05) is 0 Å². The number of carbonyl (C=O) groups is 2. The first-order valence-electron chi connectivity index (χ1n) is 7.50. The van der Waals surface area contributed by atoms with Crippen molar-refractivity contribution in [1.29, 1.82) is 0 Å². The number of hydrogen-bond donors (Lipinski definition) is 3. The van der Waals surface area contributed by atoms with E-state index < -0.39 is 11.9 Å². The molecule has 0 unspecified atom stereocenters. The summed E-state index contributed by atoms with van der Waals surface area (Å²) < 4.78 is 0. The number of aromatic nitrogens is 3. The van der Waals surface area contributed by atoms with Crippen LogP contribution >= 0.6 is 0 Å². The van der Waals surface area contributed by atoms with Gasteiger partial charge in [-0.1, -0.05) is 6.07 Å². The Bertz CT molecular complexity index is 993. The minimum Gasteiger partial charge on any atom is -0.505 e. The average molecular weight is 341 g/mol. The molecule has 8 heteroatoms. The van der Waals surface area contributed by atoms with Gasteiger partial charge < -0.3 is 15.3 Å². The van der Waals surface area contributed by atoms with E-state index >= 15 is 0 Å². The molecule has 3 rings (SSSR count). The molecule has 0 bridgehead atoms. The van der Waals surface area contributed by atoms with Gasteiger partial charge in [0.25, 0.3) is 0 Å². The molecule has 3 N–H and O–H groups in total. The van der Waals surface area contributed by atoms with Crippen LogP contribution in [0.25, 0.3) is 16.7 Å². The zero-order valence-corrected chi connectivity index (χ0v) is 13.3. The van der Waals surface area contributed by atoms with E-state index in [1.165, 1.54) is 16.9 Å². The lowest BCUT2D eigenvalue weighted by Gasteiger charge is -2.09. The number of aromatic hydroxyl groups is 1. The Kier molecular flexibility index (Phi) is 4.10. The van der Waals surface area contributed by atoms with Crippen LogP contribution < -0.4 is 0 Å². The number of aryl methyl sites for hydroxylation is 2. The minimum absolute atomic E-state index is 0.0159. The number of benzene rings is 2. The molecule has 0 atom stereocenters. The second-order valence-corrected chi connectivity index (χ2v) is 5.67. The SMILES string of the molecule is Cc1cc(CCC(=O)O)cc(-n2nc3ccc(C(=O)O)cc3n2)c1O. The first-order chi connectivity index (χ1) is 11.8. The van der Waals surface area contributed by atoms with Gasteiger partial charge in [0.15, 0.2) is 0 Å². The van der Waals surface area contributed by atoms with E-state index in [1.54, 1.807) is 25.1 Å². The Morgan fingerprint density at radius 1 is 1.08 bits per heavy atom. The lowest BCUT2D eigenvalue weighted by molar-refractivity contribution is -0.136.